The zero-order chi connectivity index (χ0) is 17.9. The molecule has 2 bridgehead atoms. The minimum atomic E-state index is -0.394. The van der Waals surface area contributed by atoms with Crippen LogP contribution in [0.5, 0.6) is 5.75 Å². The maximum Gasteiger partial charge on any atom is 0.415 e. The third-order valence-corrected chi connectivity index (χ3v) is 5.42. The van der Waals surface area contributed by atoms with Crippen molar-refractivity contribution in [2.75, 3.05) is 24.5 Å². The number of anilines is 1. The minimum absolute atomic E-state index is 0.0610. The summed E-state index contributed by atoms with van der Waals surface area (Å²) >= 11 is 0. The molecule has 2 aromatic rings. The number of piperidine rings is 3. The van der Waals surface area contributed by atoms with E-state index in [9.17, 15) is 9.90 Å². The lowest BCUT2D eigenvalue weighted by Crippen LogP contribution is -2.53. The first-order chi connectivity index (χ1) is 12.7. The van der Waals surface area contributed by atoms with Crippen molar-refractivity contribution in [3.05, 3.63) is 60.2 Å². The van der Waals surface area contributed by atoms with Crippen LogP contribution in [-0.2, 0) is 11.3 Å². The molecule has 1 amide bonds. The van der Waals surface area contributed by atoms with Crippen molar-refractivity contribution in [3.8, 4) is 5.75 Å². The molecule has 1 atom stereocenters. The number of carbonyl (C=O) groups is 1. The van der Waals surface area contributed by atoms with Crippen LogP contribution >= 0.6 is 0 Å². The average Bonchev–Trinajstić information content (AvgIpc) is 2.68. The molecule has 3 aliphatic heterocycles. The monoisotopic (exact) mass is 352 g/mol. The third-order valence-electron chi connectivity index (χ3n) is 5.42. The van der Waals surface area contributed by atoms with Crippen LogP contribution in [0.1, 0.15) is 18.4 Å². The van der Waals surface area contributed by atoms with Crippen molar-refractivity contribution in [3.63, 3.8) is 0 Å². The molecule has 3 heterocycles. The lowest BCUT2D eigenvalue weighted by molar-refractivity contribution is -0.0311. The van der Waals surface area contributed by atoms with E-state index in [0.717, 1.165) is 38.0 Å². The molecule has 3 fully saturated rings. The van der Waals surface area contributed by atoms with E-state index in [2.05, 4.69) is 4.90 Å². The van der Waals surface area contributed by atoms with Crippen LogP contribution in [-0.4, -0.2) is 41.8 Å². The number of para-hydroxylation sites is 2. The number of carbonyl (C=O) groups excluding carboxylic acids is 1. The molecule has 0 spiro atoms. The van der Waals surface area contributed by atoms with Crippen LogP contribution in [0.25, 0.3) is 0 Å². The summed E-state index contributed by atoms with van der Waals surface area (Å²) in [5, 5.41) is 10.3. The van der Waals surface area contributed by atoms with Gasteiger partial charge in [0.1, 0.15) is 11.9 Å². The SMILES string of the molecule is O=C(OC1CN2CCC1CC2)N(Cc1ccccc1)c1ccccc1O. The van der Waals surface area contributed by atoms with Crippen molar-refractivity contribution in [2.45, 2.75) is 25.5 Å². The molecule has 26 heavy (non-hydrogen) atoms. The van der Waals surface area contributed by atoms with Gasteiger partial charge in [0, 0.05) is 6.54 Å². The Labute approximate surface area is 153 Å². The van der Waals surface area contributed by atoms with Crippen LogP contribution in [0.2, 0.25) is 0 Å². The molecule has 5 nitrogen and oxygen atoms in total. The van der Waals surface area contributed by atoms with E-state index >= 15 is 0 Å². The van der Waals surface area contributed by atoms with Gasteiger partial charge < -0.3 is 9.84 Å². The predicted octanol–water partition coefficient (Wildman–Crippen LogP) is 3.63. The molecule has 0 radical (unpaired) electrons. The predicted molar refractivity (Wildman–Crippen MR) is 100 cm³/mol. The molecule has 0 saturated carbocycles. The Hall–Kier alpha value is -2.53. The second-order valence-electron chi connectivity index (χ2n) is 7.12. The van der Waals surface area contributed by atoms with E-state index in [-0.39, 0.29) is 11.9 Å². The number of aromatic hydroxyl groups is 1. The number of hydrogen-bond acceptors (Lipinski definition) is 4. The molecule has 1 unspecified atom stereocenters. The fourth-order valence-corrected chi connectivity index (χ4v) is 3.94. The van der Waals surface area contributed by atoms with Gasteiger partial charge in [-0.3, -0.25) is 9.80 Å². The quantitative estimate of drug-likeness (QED) is 0.913. The van der Waals surface area contributed by atoms with E-state index < -0.39 is 6.09 Å². The van der Waals surface area contributed by atoms with E-state index in [1.165, 1.54) is 4.90 Å². The van der Waals surface area contributed by atoms with Crippen LogP contribution in [0.15, 0.2) is 54.6 Å². The van der Waals surface area contributed by atoms with Gasteiger partial charge in [0.05, 0.1) is 12.2 Å². The first-order valence-corrected chi connectivity index (χ1v) is 9.23. The number of rotatable bonds is 4. The highest BCUT2D eigenvalue weighted by Gasteiger charge is 2.37. The first-order valence-electron chi connectivity index (χ1n) is 9.23. The smallest absolute Gasteiger partial charge is 0.415 e. The maximum atomic E-state index is 13.0. The number of benzene rings is 2. The molecule has 136 valence electrons. The van der Waals surface area contributed by atoms with Gasteiger partial charge in [-0.2, -0.15) is 0 Å². The van der Waals surface area contributed by atoms with Crippen LogP contribution in [0, 0.1) is 5.92 Å². The topological polar surface area (TPSA) is 53.0 Å². The van der Waals surface area contributed by atoms with Gasteiger partial charge in [0.2, 0.25) is 0 Å². The molecular weight excluding hydrogens is 328 g/mol. The number of phenols is 1. The lowest BCUT2D eigenvalue weighted by Gasteiger charge is -2.44. The van der Waals surface area contributed by atoms with Crippen molar-refractivity contribution >= 4 is 11.8 Å². The molecule has 1 N–H and O–H groups in total. The second kappa shape index (κ2) is 7.38. The summed E-state index contributed by atoms with van der Waals surface area (Å²) in [6.45, 7) is 3.38. The fraction of sp³-hybridized carbons (Fsp3) is 0.381. The molecule has 0 aromatic heterocycles. The van der Waals surface area contributed by atoms with E-state index in [1.807, 2.05) is 36.4 Å². The number of nitrogens with zero attached hydrogens (tertiary/aromatic N) is 2. The Morgan fingerprint density at radius 1 is 1.08 bits per heavy atom. The normalized spacial score (nSPS) is 24.2. The lowest BCUT2D eigenvalue weighted by atomic mass is 9.86. The molecule has 5 rings (SSSR count). The van der Waals surface area contributed by atoms with Gasteiger partial charge >= 0.3 is 6.09 Å². The molecule has 2 aromatic carbocycles. The van der Waals surface area contributed by atoms with Crippen LogP contribution in [0.3, 0.4) is 0 Å². The van der Waals surface area contributed by atoms with Gasteiger partial charge in [0.25, 0.3) is 0 Å². The zero-order valence-corrected chi connectivity index (χ0v) is 14.8. The molecule has 3 aliphatic rings. The average molecular weight is 352 g/mol. The van der Waals surface area contributed by atoms with Crippen molar-refractivity contribution in [1.82, 2.24) is 4.90 Å². The number of phenolic OH excluding ortho intramolecular Hbond substituents is 1. The summed E-state index contributed by atoms with van der Waals surface area (Å²) in [6.07, 6.45) is 1.73. The summed E-state index contributed by atoms with van der Waals surface area (Å²) in [5.41, 5.74) is 1.46. The third kappa shape index (κ3) is 3.53. The second-order valence-corrected chi connectivity index (χ2v) is 7.12. The Balaban J connectivity index is 1.56. The molecule has 3 saturated heterocycles. The van der Waals surface area contributed by atoms with Gasteiger partial charge in [-0.1, -0.05) is 42.5 Å². The Kier molecular flexibility index (Phi) is 4.80. The minimum Gasteiger partial charge on any atom is -0.506 e. The highest BCUT2D eigenvalue weighted by molar-refractivity contribution is 5.89. The van der Waals surface area contributed by atoms with E-state index in [0.29, 0.717) is 18.2 Å². The summed E-state index contributed by atoms with van der Waals surface area (Å²) in [4.78, 5) is 16.9. The summed E-state index contributed by atoms with van der Waals surface area (Å²) in [7, 11) is 0. The number of amides is 1. The molecule has 5 heteroatoms. The largest absolute Gasteiger partial charge is 0.506 e. The molecular formula is C21H24N2O3. The number of fused-ring (bicyclic) bond motifs is 3. The Morgan fingerprint density at radius 2 is 1.77 bits per heavy atom. The Bertz CT molecular complexity index is 757. The van der Waals surface area contributed by atoms with E-state index in [4.69, 9.17) is 4.74 Å². The summed E-state index contributed by atoms with van der Waals surface area (Å²) < 4.78 is 5.90. The summed E-state index contributed by atoms with van der Waals surface area (Å²) in [5.74, 6) is 0.529. The van der Waals surface area contributed by atoms with Crippen molar-refractivity contribution in [1.29, 1.82) is 0 Å². The number of hydrogen-bond donors (Lipinski definition) is 1. The highest BCUT2D eigenvalue weighted by atomic mass is 16.6. The van der Waals surface area contributed by atoms with Crippen molar-refractivity contribution < 1.29 is 14.6 Å². The van der Waals surface area contributed by atoms with Crippen molar-refractivity contribution in [2.24, 2.45) is 5.92 Å². The van der Waals surface area contributed by atoms with Crippen LogP contribution < -0.4 is 4.90 Å². The highest BCUT2D eigenvalue weighted by Crippen LogP contribution is 2.32. The summed E-state index contributed by atoms with van der Waals surface area (Å²) in [6, 6.07) is 16.7. The molecule has 0 aliphatic carbocycles. The maximum absolute atomic E-state index is 13.0. The number of ether oxygens (including phenoxy) is 1. The zero-order valence-electron chi connectivity index (χ0n) is 14.8. The Morgan fingerprint density at radius 3 is 2.42 bits per heavy atom. The fourth-order valence-electron chi connectivity index (χ4n) is 3.94. The van der Waals surface area contributed by atoms with Gasteiger partial charge in [0.15, 0.2) is 0 Å². The van der Waals surface area contributed by atoms with Gasteiger partial charge in [-0.15, -0.1) is 0 Å². The van der Waals surface area contributed by atoms with Gasteiger partial charge in [-0.25, -0.2) is 4.79 Å². The first kappa shape index (κ1) is 16.9. The van der Waals surface area contributed by atoms with E-state index in [1.54, 1.807) is 18.2 Å². The standard InChI is InChI=1S/C21H24N2O3/c24-19-9-5-4-8-18(19)23(14-16-6-2-1-3-7-16)21(25)26-20-15-22-12-10-17(20)11-13-22/h1-9,17,20,24H,10-15H2. The van der Waals surface area contributed by atoms with Gasteiger partial charge in [-0.05, 0) is 49.5 Å². The van der Waals surface area contributed by atoms with Crippen LogP contribution in [0.4, 0.5) is 10.5 Å².